The molecular weight excluding hydrogens is 352 g/mol. The molecule has 3 rings (SSSR count). The molecule has 2 aromatic rings. The lowest BCUT2D eigenvalue weighted by atomic mass is 9.87. The average Bonchev–Trinajstić information content (AvgIpc) is 2.56. The number of carbonyl (C=O) groups excluding carboxylic acids is 2. The summed E-state index contributed by atoms with van der Waals surface area (Å²) >= 11 is 0. The number of ether oxygens (including phenoxy) is 3. The van der Waals surface area contributed by atoms with E-state index < -0.39 is 35.4 Å². The third-order valence-electron chi connectivity index (χ3n) is 4.24. The molecule has 0 N–H and O–H groups in total. The van der Waals surface area contributed by atoms with Gasteiger partial charge in [-0.15, -0.1) is 0 Å². The summed E-state index contributed by atoms with van der Waals surface area (Å²) < 4.78 is 22.4. The largest absolute Gasteiger partial charge is 0.483 e. The molecule has 142 valence electrons. The van der Waals surface area contributed by atoms with E-state index in [1.54, 1.807) is 45.0 Å². The van der Waals surface area contributed by atoms with Crippen molar-refractivity contribution in [1.29, 1.82) is 0 Å². The van der Waals surface area contributed by atoms with Gasteiger partial charge in [0, 0.05) is 24.5 Å². The molecule has 2 atom stereocenters. The first kappa shape index (κ1) is 18.7. The van der Waals surface area contributed by atoms with Crippen molar-refractivity contribution in [3.63, 3.8) is 0 Å². The smallest absolute Gasteiger partial charge is 0.336 e. The number of hydrogen-bond donors (Lipinski definition) is 0. The number of allylic oxidation sites excluding steroid dienone is 1. The molecule has 7 nitrogen and oxygen atoms in total. The maximum atomic E-state index is 12.1. The van der Waals surface area contributed by atoms with E-state index in [2.05, 4.69) is 0 Å². The van der Waals surface area contributed by atoms with Gasteiger partial charge in [0.25, 0.3) is 0 Å². The fourth-order valence-corrected chi connectivity index (χ4v) is 3.16. The minimum atomic E-state index is -0.996. The van der Waals surface area contributed by atoms with E-state index in [1.807, 2.05) is 0 Å². The standard InChI is InChI=1S/C20H20O7/c1-5-6-14(22)26-19-18(24-11(2)21)16-13(27-20(19,3)4)9-7-12-8-10-15(23)25-17(12)16/h5-10,18-19H,1-4H3/b6-5+/t18-,19+/m1/s1. The van der Waals surface area contributed by atoms with Gasteiger partial charge in [0.15, 0.2) is 12.2 Å². The topological polar surface area (TPSA) is 92.0 Å². The molecule has 0 spiro atoms. The number of fused-ring (bicyclic) bond motifs is 3. The van der Waals surface area contributed by atoms with Crippen LogP contribution in [-0.2, 0) is 19.1 Å². The van der Waals surface area contributed by atoms with Gasteiger partial charge in [-0.1, -0.05) is 6.08 Å². The SMILES string of the molecule is C/C=C/C(=O)O[C@H]1[C@H](OC(C)=O)c2c(ccc3ccc(=O)oc23)OC1(C)C. The minimum Gasteiger partial charge on any atom is -0.483 e. The highest BCUT2D eigenvalue weighted by Gasteiger charge is 2.49. The Labute approximate surface area is 155 Å². The number of benzene rings is 1. The Hall–Kier alpha value is -3.09. The molecule has 27 heavy (non-hydrogen) atoms. The van der Waals surface area contributed by atoms with Crippen molar-refractivity contribution in [3.8, 4) is 5.75 Å². The molecule has 0 saturated heterocycles. The molecule has 0 amide bonds. The van der Waals surface area contributed by atoms with Crippen molar-refractivity contribution in [2.75, 3.05) is 0 Å². The zero-order valence-corrected chi connectivity index (χ0v) is 15.5. The second kappa shape index (κ2) is 6.90. The summed E-state index contributed by atoms with van der Waals surface area (Å²) in [7, 11) is 0. The first-order valence-electron chi connectivity index (χ1n) is 8.49. The zero-order valence-electron chi connectivity index (χ0n) is 15.5. The molecule has 1 aromatic heterocycles. The Balaban J connectivity index is 2.22. The van der Waals surface area contributed by atoms with E-state index in [9.17, 15) is 14.4 Å². The number of esters is 2. The molecular formula is C20H20O7. The van der Waals surface area contributed by atoms with Crippen LogP contribution in [0.25, 0.3) is 11.0 Å². The maximum absolute atomic E-state index is 12.1. The minimum absolute atomic E-state index is 0.230. The van der Waals surface area contributed by atoms with Crippen LogP contribution in [0.5, 0.6) is 5.75 Å². The van der Waals surface area contributed by atoms with Crippen molar-refractivity contribution in [1.82, 2.24) is 0 Å². The fraction of sp³-hybridized carbons (Fsp3) is 0.350. The lowest BCUT2D eigenvalue weighted by Gasteiger charge is -2.43. The molecule has 7 heteroatoms. The number of hydrogen-bond acceptors (Lipinski definition) is 7. The van der Waals surface area contributed by atoms with Crippen molar-refractivity contribution >= 4 is 22.9 Å². The molecule has 0 saturated carbocycles. The van der Waals surface area contributed by atoms with E-state index in [1.165, 1.54) is 19.1 Å². The monoisotopic (exact) mass is 372 g/mol. The third-order valence-corrected chi connectivity index (χ3v) is 4.24. The average molecular weight is 372 g/mol. The highest BCUT2D eigenvalue weighted by atomic mass is 16.6. The van der Waals surface area contributed by atoms with E-state index in [0.717, 1.165) is 0 Å². The van der Waals surface area contributed by atoms with Crippen LogP contribution >= 0.6 is 0 Å². The molecule has 2 heterocycles. The summed E-state index contributed by atoms with van der Waals surface area (Å²) in [6.07, 6.45) is 0.862. The van der Waals surface area contributed by atoms with Crippen LogP contribution in [0.3, 0.4) is 0 Å². The van der Waals surface area contributed by atoms with E-state index in [-0.39, 0.29) is 5.58 Å². The molecule has 0 fully saturated rings. The van der Waals surface area contributed by atoms with Crippen molar-refractivity contribution in [3.05, 3.63) is 52.4 Å². The van der Waals surface area contributed by atoms with Crippen LogP contribution in [-0.4, -0.2) is 23.6 Å². The van der Waals surface area contributed by atoms with E-state index in [0.29, 0.717) is 16.7 Å². The van der Waals surface area contributed by atoms with Gasteiger partial charge < -0.3 is 18.6 Å². The summed E-state index contributed by atoms with van der Waals surface area (Å²) in [5, 5.41) is 0.632. The Morgan fingerprint density at radius 1 is 1.15 bits per heavy atom. The number of carbonyl (C=O) groups is 2. The van der Waals surface area contributed by atoms with Crippen LogP contribution < -0.4 is 10.4 Å². The van der Waals surface area contributed by atoms with E-state index >= 15 is 0 Å². The van der Waals surface area contributed by atoms with Gasteiger partial charge in [0.1, 0.15) is 16.9 Å². The van der Waals surface area contributed by atoms with Crippen molar-refractivity contribution < 1.29 is 28.2 Å². The first-order chi connectivity index (χ1) is 12.7. The van der Waals surface area contributed by atoms with Crippen LogP contribution in [0.1, 0.15) is 39.4 Å². The fourth-order valence-electron chi connectivity index (χ4n) is 3.16. The molecule has 0 unspecified atom stereocenters. The van der Waals surface area contributed by atoms with Gasteiger partial charge in [-0.2, -0.15) is 0 Å². The van der Waals surface area contributed by atoms with Gasteiger partial charge in [-0.3, -0.25) is 4.79 Å². The molecule has 0 radical (unpaired) electrons. The van der Waals surface area contributed by atoms with Crippen LogP contribution in [0.4, 0.5) is 0 Å². The van der Waals surface area contributed by atoms with Crippen molar-refractivity contribution in [2.24, 2.45) is 0 Å². The van der Waals surface area contributed by atoms with Gasteiger partial charge in [-0.25, -0.2) is 9.59 Å². The van der Waals surface area contributed by atoms with E-state index in [4.69, 9.17) is 18.6 Å². The molecule has 1 aliphatic rings. The maximum Gasteiger partial charge on any atom is 0.336 e. The highest BCUT2D eigenvalue weighted by Crippen LogP contribution is 2.46. The van der Waals surface area contributed by atoms with Gasteiger partial charge in [-0.05, 0) is 39.0 Å². The van der Waals surface area contributed by atoms with Crippen molar-refractivity contribution in [2.45, 2.75) is 45.5 Å². The lowest BCUT2D eigenvalue weighted by Crippen LogP contribution is -2.52. The molecule has 0 aliphatic carbocycles. The van der Waals surface area contributed by atoms with Crippen LogP contribution in [0.2, 0.25) is 0 Å². The quantitative estimate of drug-likeness (QED) is 0.464. The first-order valence-corrected chi connectivity index (χ1v) is 8.49. The zero-order chi connectivity index (χ0) is 19.8. The molecule has 1 aliphatic heterocycles. The molecule has 0 bridgehead atoms. The van der Waals surface area contributed by atoms with Crippen LogP contribution in [0, 0.1) is 0 Å². The van der Waals surface area contributed by atoms with Gasteiger partial charge in [0.05, 0.1) is 5.56 Å². The van der Waals surface area contributed by atoms with Gasteiger partial charge >= 0.3 is 17.6 Å². The number of rotatable bonds is 3. The predicted molar refractivity (Wildman–Crippen MR) is 96.4 cm³/mol. The Kier molecular flexibility index (Phi) is 4.78. The normalized spacial score (nSPS) is 20.7. The van der Waals surface area contributed by atoms with Crippen LogP contribution in [0.15, 0.2) is 45.6 Å². The summed E-state index contributed by atoms with van der Waals surface area (Å²) in [6.45, 7) is 6.40. The second-order valence-electron chi connectivity index (χ2n) is 6.74. The molecule has 1 aromatic carbocycles. The Morgan fingerprint density at radius 3 is 2.52 bits per heavy atom. The third kappa shape index (κ3) is 3.58. The lowest BCUT2D eigenvalue weighted by molar-refractivity contribution is -0.185. The second-order valence-corrected chi connectivity index (χ2v) is 6.74. The predicted octanol–water partition coefficient (Wildman–Crippen LogP) is 3.06. The summed E-state index contributed by atoms with van der Waals surface area (Å²) in [5.41, 5.74) is -0.954. The van der Waals surface area contributed by atoms with Gasteiger partial charge in [0.2, 0.25) is 0 Å². The summed E-state index contributed by atoms with van der Waals surface area (Å²) in [5.74, 6) is -0.765. The highest BCUT2D eigenvalue weighted by molar-refractivity contribution is 5.84. The summed E-state index contributed by atoms with van der Waals surface area (Å²) in [6, 6.07) is 6.35. The summed E-state index contributed by atoms with van der Waals surface area (Å²) in [4.78, 5) is 35.6. The Bertz CT molecular complexity index is 983. The Morgan fingerprint density at radius 2 is 1.85 bits per heavy atom.